The van der Waals surface area contributed by atoms with E-state index in [0.717, 1.165) is 32.6 Å². The number of likely N-dealkylation sites (tertiary alicyclic amines) is 1. The Kier molecular flexibility index (Phi) is 2.83. The summed E-state index contributed by atoms with van der Waals surface area (Å²) >= 11 is 1.81. The highest BCUT2D eigenvalue weighted by molar-refractivity contribution is 7.10. The van der Waals surface area contributed by atoms with Crippen molar-refractivity contribution in [3.63, 3.8) is 0 Å². The maximum Gasteiger partial charge on any atom is 0.410 e. The molecule has 0 unspecified atom stereocenters. The van der Waals surface area contributed by atoms with E-state index in [0.29, 0.717) is 0 Å². The summed E-state index contributed by atoms with van der Waals surface area (Å²) in [5.41, 5.74) is 1.11. The molecule has 0 saturated carbocycles. The van der Waals surface area contributed by atoms with Crippen molar-refractivity contribution < 1.29 is 9.53 Å². The fourth-order valence-corrected chi connectivity index (χ4v) is 3.78. The summed E-state index contributed by atoms with van der Waals surface area (Å²) in [4.78, 5) is 17.0. The van der Waals surface area contributed by atoms with E-state index in [2.05, 4.69) is 23.3 Å². The van der Waals surface area contributed by atoms with E-state index >= 15 is 0 Å². The largest absolute Gasteiger partial charge is 0.439 e. The molecule has 5 heteroatoms. The normalized spacial score (nSPS) is 28.3. The van der Waals surface area contributed by atoms with Gasteiger partial charge in [-0.05, 0) is 23.9 Å². The molecule has 1 aromatic heterocycles. The van der Waals surface area contributed by atoms with Crippen LogP contribution in [0.3, 0.4) is 0 Å². The van der Waals surface area contributed by atoms with E-state index in [9.17, 15) is 4.79 Å². The SMILES string of the molecule is Cc1ccsc1CN1CC[C@@]2(C1)CN(C)C(=O)O2. The lowest BCUT2D eigenvalue weighted by molar-refractivity contribution is 0.0628. The van der Waals surface area contributed by atoms with Crippen molar-refractivity contribution in [1.82, 2.24) is 9.80 Å². The maximum atomic E-state index is 11.5. The van der Waals surface area contributed by atoms with Gasteiger partial charge >= 0.3 is 6.09 Å². The van der Waals surface area contributed by atoms with Crippen molar-refractivity contribution >= 4 is 17.4 Å². The number of ether oxygens (including phenoxy) is 1. The molecule has 98 valence electrons. The van der Waals surface area contributed by atoms with Crippen LogP contribution in [0.5, 0.6) is 0 Å². The summed E-state index contributed by atoms with van der Waals surface area (Å²) in [7, 11) is 1.81. The zero-order valence-electron chi connectivity index (χ0n) is 10.8. The second-order valence-electron chi connectivity index (χ2n) is 5.39. The van der Waals surface area contributed by atoms with E-state index in [1.807, 2.05) is 18.4 Å². The topological polar surface area (TPSA) is 32.8 Å². The van der Waals surface area contributed by atoms with Crippen molar-refractivity contribution in [2.75, 3.05) is 26.7 Å². The molecule has 1 aromatic rings. The number of hydrogen-bond acceptors (Lipinski definition) is 4. The lowest BCUT2D eigenvalue weighted by atomic mass is 10.0. The number of likely N-dealkylation sites (N-methyl/N-ethyl adjacent to an activating group) is 1. The molecule has 1 atom stereocenters. The fourth-order valence-electron chi connectivity index (χ4n) is 2.84. The molecule has 2 fully saturated rings. The number of amides is 1. The van der Waals surface area contributed by atoms with Crippen LogP contribution in [0.4, 0.5) is 4.79 Å². The summed E-state index contributed by atoms with van der Waals surface area (Å²) in [5, 5.41) is 2.14. The predicted molar refractivity (Wildman–Crippen MR) is 70.8 cm³/mol. The molecule has 0 aliphatic carbocycles. The number of thiophene rings is 1. The Bertz CT molecular complexity index is 473. The minimum atomic E-state index is -0.253. The first kappa shape index (κ1) is 12.0. The first-order valence-corrected chi connectivity index (χ1v) is 7.15. The van der Waals surface area contributed by atoms with Crippen LogP contribution in [0.2, 0.25) is 0 Å². The van der Waals surface area contributed by atoms with Crippen LogP contribution in [0, 0.1) is 6.92 Å². The summed E-state index contributed by atoms with van der Waals surface area (Å²) in [5.74, 6) is 0. The van der Waals surface area contributed by atoms with E-state index in [1.54, 1.807) is 4.90 Å². The van der Waals surface area contributed by atoms with Crippen LogP contribution < -0.4 is 0 Å². The first-order valence-electron chi connectivity index (χ1n) is 6.27. The van der Waals surface area contributed by atoms with Gasteiger partial charge < -0.3 is 9.64 Å². The zero-order chi connectivity index (χ0) is 12.8. The smallest absolute Gasteiger partial charge is 0.410 e. The van der Waals surface area contributed by atoms with Crippen molar-refractivity contribution in [2.24, 2.45) is 0 Å². The molecule has 0 bridgehead atoms. The van der Waals surface area contributed by atoms with Gasteiger partial charge in [0.25, 0.3) is 0 Å². The fraction of sp³-hybridized carbons (Fsp3) is 0.615. The molecule has 0 N–H and O–H groups in total. The van der Waals surface area contributed by atoms with Gasteiger partial charge in [0.15, 0.2) is 0 Å². The number of aryl methyl sites for hydroxylation is 1. The molecule has 2 aliphatic rings. The third-order valence-electron chi connectivity index (χ3n) is 3.87. The minimum Gasteiger partial charge on any atom is -0.439 e. The van der Waals surface area contributed by atoms with Gasteiger partial charge in [-0.25, -0.2) is 4.79 Å². The molecular formula is C13H18N2O2S. The molecule has 18 heavy (non-hydrogen) atoms. The summed E-state index contributed by atoms with van der Waals surface area (Å²) in [6.45, 7) is 5.73. The van der Waals surface area contributed by atoms with E-state index in [4.69, 9.17) is 4.74 Å². The lowest BCUT2D eigenvalue weighted by Gasteiger charge is -2.21. The van der Waals surface area contributed by atoms with Crippen LogP contribution in [0.15, 0.2) is 11.4 Å². The van der Waals surface area contributed by atoms with Crippen LogP contribution in [0.25, 0.3) is 0 Å². The number of hydrogen-bond donors (Lipinski definition) is 0. The third kappa shape index (κ3) is 2.01. The predicted octanol–water partition coefficient (Wildman–Crippen LogP) is 2.08. The molecule has 2 saturated heterocycles. The molecule has 2 aliphatic heterocycles. The number of nitrogens with zero attached hydrogens (tertiary/aromatic N) is 2. The van der Waals surface area contributed by atoms with Crippen LogP contribution in [0.1, 0.15) is 16.9 Å². The molecular weight excluding hydrogens is 248 g/mol. The van der Waals surface area contributed by atoms with Gasteiger partial charge in [-0.2, -0.15) is 0 Å². The van der Waals surface area contributed by atoms with E-state index in [-0.39, 0.29) is 11.7 Å². The molecule has 1 spiro atoms. The Morgan fingerprint density at radius 1 is 1.50 bits per heavy atom. The molecule has 1 amide bonds. The second-order valence-corrected chi connectivity index (χ2v) is 6.40. The first-order chi connectivity index (χ1) is 8.58. The zero-order valence-corrected chi connectivity index (χ0v) is 11.6. The Hall–Kier alpha value is -1.07. The standard InChI is InChI=1S/C13H18N2O2S/c1-10-3-6-18-11(10)7-15-5-4-13(9-15)8-14(2)12(16)17-13/h3,6H,4-5,7-9H2,1-2H3/t13-/m0/s1. The molecule has 0 aromatic carbocycles. The van der Waals surface area contributed by atoms with Gasteiger partial charge in [0.2, 0.25) is 0 Å². The Morgan fingerprint density at radius 3 is 2.94 bits per heavy atom. The molecule has 3 rings (SSSR count). The quantitative estimate of drug-likeness (QED) is 0.821. The monoisotopic (exact) mass is 266 g/mol. The van der Waals surface area contributed by atoms with Gasteiger partial charge in [0, 0.05) is 38.0 Å². The van der Waals surface area contributed by atoms with Gasteiger partial charge in [-0.15, -0.1) is 11.3 Å². The Labute approximate surface area is 111 Å². The summed E-state index contributed by atoms with van der Waals surface area (Å²) < 4.78 is 5.55. The minimum absolute atomic E-state index is 0.177. The average molecular weight is 266 g/mol. The highest BCUT2D eigenvalue weighted by atomic mass is 32.1. The molecule has 3 heterocycles. The highest BCUT2D eigenvalue weighted by Gasteiger charge is 2.48. The third-order valence-corrected chi connectivity index (χ3v) is 4.88. The molecule has 4 nitrogen and oxygen atoms in total. The van der Waals surface area contributed by atoms with Gasteiger partial charge in [-0.3, -0.25) is 4.90 Å². The number of rotatable bonds is 2. The Morgan fingerprint density at radius 2 is 2.33 bits per heavy atom. The van der Waals surface area contributed by atoms with Crippen molar-refractivity contribution in [1.29, 1.82) is 0 Å². The average Bonchev–Trinajstić information content (AvgIpc) is 2.95. The Balaban J connectivity index is 1.66. The van der Waals surface area contributed by atoms with Crippen LogP contribution in [-0.2, 0) is 11.3 Å². The van der Waals surface area contributed by atoms with E-state index < -0.39 is 0 Å². The van der Waals surface area contributed by atoms with Crippen LogP contribution in [-0.4, -0.2) is 48.2 Å². The van der Waals surface area contributed by atoms with Gasteiger partial charge in [-0.1, -0.05) is 0 Å². The van der Waals surface area contributed by atoms with E-state index in [1.165, 1.54) is 10.4 Å². The highest BCUT2D eigenvalue weighted by Crippen LogP contribution is 2.33. The summed E-state index contributed by atoms with van der Waals surface area (Å²) in [6, 6.07) is 2.16. The maximum absolute atomic E-state index is 11.5. The second kappa shape index (κ2) is 4.24. The van der Waals surface area contributed by atoms with Crippen molar-refractivity contribution in [2.45, 2.75) is 25.5 Å². The summed E-state index contributed by atoms with van der Waals surface area (Å²) in [6.07, 6.45) is 0.775. The van der Waals surface area contributed by atoms with Gasteiger partial charge in [0.1, 0.15) is 5.60 Å². The van der Waals surface area contributed by atoms with Gasteiger partial charge in [0.05, 0.1) is 6.54 Å². The number of carbonyl (C=O) groups excluding carboxylic acids is 1. The van der Waals surface area contributed by atoms with Crippen molar-refractivity contribution in [3.05, 3.63) is 21.9 Å². The molecule has 0 radical (unpaired) electrons. The lowest BCUT2D eigenvalue weighted by Crippen LogP contribution is -2.36. The van der Waals surface area contributed by atoms with Crippen molar-refractivity contribution in [3.8, 4) is 0 Å². The van der Waals surface area contributed by atoms with Crippen LogP contribution >= 0.6 is 11.3 Å². The number of carbonyl (C=O) groups is 1.